The molecular formula is C14H20FNO2S. The lowest BCUT2D eigenvalue weighted by Gasteiger charge is -2.35. The van der Waals surface area contributed by atoms with Crippen molar-refractivity contribution < 1.29 is 12.8 Å². The summed E-state index contributed by atoms with van der Waals surface area (Å²) in [5.74, 6) is -0.0541. The van der Waals surface area contributed by atoms with Gasteiger partial charge in [0.15, 0.2) is 0 Å². The largest absolute Gasteiger partial charge is 0.243 e. The van der Waals surface area contributed by atoms with Crippen molar-refractivity contribution >= 4 is 10.0 Å². The van der Waals surface area contributed by atoms with Crippen molar-refractivity contribution in [2.24, 2.45) is 5.92 Å². The van der Waals surface area contributed by atoms with E-state index in [-0.39, 0.29) is 10.9 Å². The predicted octanol–water partition coefficient (Wildman–Crippen LogP) is 3.02. The van der Waals surface area contributed by atoms with Crippen LogP contribution in [0.5, 0.6) is 0 Å². The van der Waals surface area contributed by atoms with Crippen LogP contribution in [0.3, 0.4) is 0 Å². The maximum atomic E-state index is 12.9. The van der Waals surface area contributed by atoms with Gasteiger partial charge >= 0.3 is 0 Å². The van der Waals surface area contributed by atoms with Gasteiger partial charge in [0.1, 0.15) is 5.82 Å². The van der Waals surface area contributed by atoms with Crippen LogP contribution in [-0.4, -0.2) is 25.8 Å². The van der Waals surface area contributed by atoms with E-state index in [1.165, 1.54) is 35.0 Å². The van der Waals surface area contributed by atoms with Gasteiger partial charge in [-0.3, -0.25) is 0 Å². The van der Waals surface area contributed by atoms with E-state index in [9.17, 15) is 12.8 Å². The van der Waals surface area contributed by atoms with Gasteiger partial charge in [0.25, 0.3) is 0 Å². The van der Waals surface area contributed by atoms with E-state index >= 15 is 0 Å². The molecule has 2 unspecified atom stereocenters. The minimum Gasteiger partial charge on any atom is -0.207 e. The maximum absolute atomic E-state index is 12.9. The van der Waals surface area contributed by atoms with Gasteiger partial charge in [-0.05, 0) is 43.0 Å². The Morgan fingerprint density at radius 3 is 2.32 bits per heavy atom. The van der Waals surface area contributed by atoms with Crippen molar-refractivity contribution in [2.45, 2.75) is 43.5 Å². The molecule has 1 aliphatic rings. The number of nitrogens with zero attached hydrogens (tertiary/aromatic N) is 1. The molecule has 1 aromatic rings. The van der Waals surface area contributed by atoms with Crippen LogP contribution in [0.1, 0.15) is 32.6 Å². The normalized spacial score (nSPS) is 24.6. The first-order valence-corrected chi connectivity index (χ1v) is 8.10. The van der Waals surface area contributed by atoms with Crippen LogP contribution >= 0.6 is 0 Å². The smallest absolute Gasteiger partial charge is 0.207 e. The summed E-state index contributed by atoms with van der Waals surface area (Å²) in [6, 6.07) is 5.07. The van der Waals surface area contributed by atoms with E-state index in [0.717, 1.165) is 19.3 Å². The molecular weight excluding hydrogens is 265 g/mol. The van der Waals surface area contributed by atoms with Gasteiger partial charge in [-0.2, -0.15) is 4.31 Å². The molecule has 1 aliphatic carbocycles. The molecule has 1 aromatic carbocycles. The molecule has 2 atom stereocenters. The SMILES string of the molecule is CC1CCCCC1N(C)S(=O)(=O)c1ccc(F)cc1. The predicted molar refractivity (Wildman–Crippen MR) is 72.8 cm³/mol. The molecule has 0 amide bonds. The lowest BCUT2D eigenvalue weighted by molar-refractivity contribution is 0.213. The van der Waals surface area contributed by atoms with Crippen molar-refractivity contribution in [1.29, 1.82) is 0 Å². The number of halogens is 1. The minimum absolute atomic E-state index is 0.0452. The summed E-state index contributed by atoms with van der Waals surface area (Å²) in [6.07, 6.45) is 4.20. The van der Waals surface area contributed by atoms with Gasteiger partial charge in [0.2, 0.25) is 10.0 Å². The number of rotatable bonds is 3. The maximum Gasteiger partial charge on any atom is 0.243 e. The molecule has 1 saturated carbocycles. The van der Waals surface area contributed by atoms with Crippen LogP contribution in [0, 0.1) is 11.7 Å². The summed E-state index contributed by atoms with van der Waals surface area (Å²) in [5.41, 5.74) is 0. The second-order valence-electron chi connectivity index (χ2n) is 5.30. The Bertz CT molecular complexity index is 527. The zero-order valence-electron chi connectivity index (χ0n) is 11.3. The Balaban J connectivity index is 2.25. The molecule has 5 heteroatoms. The molecule has 0 N–H and O–H groups in total. The zero-order chi connectivity index (χ0) is 14.0. The van der Waals surface area contributed by atoms with E-state index in [1.807, 2.05) is 0 Å². The van der Waals surface area contributed by atoms with Crippen molar-refractivity contribution in [2.75, 3.05) is 7.05 Å². The fourth-order valence-electron chi connectivity index (χ4n) is 2.79. The highest BCUT2D eigenvalue weighted by atomic mass is 32.2. The number of hydrogen-bond donors (Lipinski definition) is 0. The highest BCUT2D eigenvalue weighted by molar-refractivity contribution is 7.89. The van der Waals surface area contributed by atoms with E-state index in [1.54, 1.807) is 7.05 Å². The summed E-state index contributed by atoms with van der Waals surface area (Å²) >= 11 is 0. The summed E-state index contributed by atoms with van der Waals surface area (Å²) in [5, 5.41) is 0. The molecule has 0 spiro atoms. The molecule has 0 heterocycles. The van der Waals surface area contributed by atoms with Crippen molar-refractivity contribution in [3.63, 3.8) is 0 Å². The van der Waals surface area contributed by atoms with E-state index in [2.05, 4.69) is 6.92 Å². The molecule has 0 aliphatic heterocycles. The Morgan fingerprint density at radius 1 is 1.16 bits per heavy atom. The molecule has 0 saturated heterocycles. The highest BCUT2D eigenvalue weighted by Crippen LogP contribution is 2.30. The number of hydrogen-bond acceptors (Lipinski definition) is 2. The standard InChI is InChI=1S/C14H20FNO2S/c1-11-5-3-4-6-14(11)16(2)19(17,18)13-9-7-12(15)8-10-13/h7-11,14H,3-6H2,1-2H3. The van der Waals surface area contributed by atoms with Gasteiger partial charge in [0, 0.05) is 13.1 Å². The number of benzene rings is 1. The third-order valence-corrected chi connectivity index (χ3v) is 5.92. The monoisotopic (exact) mass is 285 g/mol. The molecule has 106 valence electrons. The quantitative estimate of drug-likeness (QED) is 0.856. The second kappa shape index (κ2) is 5.59. The lowest BCUT2D eigenvalue weighted by Crippen LogP contribution is -2.42. The van der Waals surface area contributed by atoms with Crippen molar-refractivity contribution in [1.82, 2.24) is 4.31 Å². The topological polar surface area (TPSA) is 37.4 Å². The second-order valence-corrected chi connectivity index (χ2v) is 7.30. The Morgan fingerprint density at radius 2 is 1.74 bits per heavy atom. The van der Waals surface area contributed by atoms with E-state index in [0.29, 0.717) is 5.92 Å². The molecule has 1 fully saturated rings. The third kappa shape index (κ3) is 2.98. The lowest BCUT2D eigenvalue weighted by atomic mass is 9.86. The minimum atomic E-state index is -3.52. The first kappa shape index (κ1) is 14.5. The fraction of sp³-hybridized carbons (Fsp3) is 0.571. The van der Waals surface area contributed by atoms with Crippen LogP contribution in [0.4, 0.5) is 4.39 Å². The van der Waals surface area contributed by atoms with Crippen LogP contribution in [0.2, 0.25) is 0 Å². The Kier molecular flexibility index (Phi) is 4.26. The van der Waals surface area contributed by atoms with Gasteiger partial charge < -0.3 is 0 Å². The molecule has 0 aromatic heterocycles. The summed E-state index contributed by atoms with van der Waals surface area (Å²) in [4.78, 5) is 0.161. The molecule has 0 bridgehead atoms. The summed E-state index contributed by atoms with van der Waals surface area (Å²) in [6.45, 7) is 2.10. The van der Waals surface area contributed by atoms with E-state index in [4.69, 9.17) is 0 Å². The zero-order valence-corrected chi connectivity index (χ0v) is 12.2. The van der Waals surface area contributed by atoms with Gasteiger partial charge in [0.05, 0.1) is 4.90 Å². The van der Waals surface area contributed by atoms with Crippen LogP contribution in [0.15, 0.2) is 29.2 Å². The fourth-order valence-corrected chi connectivity index (χ4v) is 4.27. The van der Waals surface area contributed by atoms with Crippen LogP contribution in [-0.2, 0) is 10.0 Å². The van der Waals surface area contributed by atoms with Gasteiger partial charge in [-0.15, -0.1) is 0 Å². The molecule has 3 nitrogen and oxygen atoms in total. The van der Waals surface area contributed by atoms with Crippen LogP contribution < -0.4 is 0 Å². The van der Waals surface area contributed by atoms with E-state index < -0.39 is 15.8 Å². The Labute approximate surface area is 114 Å². The summed E-state index contributed by atoms with van der Waals surface area (Å²) in [7, 11) is -1.89. The van der Waals surface area contributed by atoms with Crippen molar-refractivity contribution in [3.05, 3.63) is 30.1 Å². The van der Waals surface area contributed by atoms with Gasteiger partial charge in [-0.1, -0.05) is 19.8 Å². The first-order valence-electron chi connectivity index (χ1n) is 6.66. The van der Waals surface area contributed by atoms with Gasteiger partial charge in [-0.25, -0.2) is 12.8 Å². The molecule has 19 heavy (non-hydrogen) atoms. The average molecular weight is 285 g/mol. The summed E-state index contributed by atoms with van der Waals surface area (Å²) < 4.78 is 39.3. The molecule has 0 radical (unpaired) electrons. The number of sulfonamides is 1. The first-order chi connectivity index (χ1) is 8.93. The molecule has 2 rings (SSSR count). The van der Waals surface area contributed by atoms with Crippen molar-refractivity contribution in [3.8, 4) is 0 Å². The highest BCUT2D eigenvalue weighted by Gasteiger charge is 2.32. The van der Waals surface area contributed by atoms with Crippen LogP contribution in [0.25, 0.3) is 0 Å². The Hall–Kier alpha value is -0.940. The third-order valence-electron chi connectivity index (χ3n) is 4.02. The average Bonchev–Trinajstić information content (AvgIpc) is 2.39.